The summed E-state index contributed by atoms with van der Waals surface area (Å²) in [6.45, 7) is 0. The Labute approximate surface area is 91.4 Å². The molecule has 8 heteroatoms. The number of carboxylic acid groups (broad SMARTS) is 1. The Morgan fingerprint density at radius 2 is 2.12 bits per heavy atom. The number of aromatic carboxylic acids is 1. The molecule has 2 aromatic rings. The smallest absolute Gasteiger partial charge is 0.474 e. The number of nitrogens with zero attached hydrogens (tertiary/aromatic N) is 1. The van der Waals surface area contributed by atoms with Crippen molar-refractivity contribution in [2.24, 2.45) is 0 Å². The molecule has 0 saturated carbocycles. The SMILES string of the molecule is O=C(O)c1nc2c(OC(F)(F)F)cccc2o1. The van der Waals surface area contributed by atoms with Crippen LogP contribution in [0.15, 0.2) is 22.6 Å². The van der Waals surface area contributed by atoms with Crippen molar-refractivity contribution in [3.63, 3.8) is 0 Å². The van der Waals surface area contributed by atoms with Gasteiger partial charge in [-0.25, -0.2) is 4.79 Å². The van der Waals surface area contributed by atoms with Gasteiger partial charge in [-0.1, -0.05) is 6.07 Å². The number of halogens is 3. The van der Waals surface area contributed by atoms with E-state index in [1.54, 1.807) is 0 Å². The number of ether oxygens (including phenoxy) is 1. The molecule has 5 nitrogen and oxygen atoms in total. The number of rotatable bonds is 2. The van der Waals surface area contributed by atoms with Crippen LogP contribution >= 0.6 is 0 Å². The van der Waals surface area contributed by atoms with E-state index >= 15 is 0 Å². The molecule has 1 aromatic heterocycles. The van der Waals surface area contributed by atoms with Crippen LogP contribution in [-0.2, 0) is 0 Å². The van der Waals surface area contributed by atoms with Crippen molar-refractivity contribution >= 4 is 17.1 Å². The van der Waals surface area contributed by atoms with E-state index in [2.05, 4.69) is 9.72 Å². The topological polar surface area (TPSA) is 72.6 Å². The Hall–Kier alpha value is -2.25. The molecule has 17 heavy (non-hydrogen) atoms. The van der Waals surface area contributed by atoms with E-state index in [-0.39, 0.29) is 11.1 Å². The Bertz CT molecular complexity index is 575. The number of fused-ring (bicyclic) bond motifs is 1. The molecule has 0 saturated heterocycles. The predicted octanol–water partition coefficient (Wildman–Crippen LogP) is 2.42. The van der Waals surface area contributed by atoms with Crippen LogP contribution in [0.4, 0.5) is 13.2 Å². The standard InChI is InChI=1S/C9H4F3NO4/c10-9(11,12)17-5-3-1-2-4-6(5)13-7(16-4)8(14)15/h1-3H,(H,14,15). The van der Waals surface area contributed by atoms with Gasteiger partial charge in [0.15, 0.2) is 16.8 Å². The van der Waals surface area contributed by atoms with Crippen molar-refractivity contribution in [2.75, 3.05) is 0 Å². The quantitative estimate of drug-likeness (QED) is 0.882. The number of carboxylic acids is 1. The van der Waals surface area contributed by atoms with Gasteiger partial charge in [-0.05, 0) is 12.1 Å². The summed E-state index contributed by atoms with van der Waals surface area (Å²) in [4.78, 5) is 14.0. The lowest BCUT2D eigenvalue weighted by molar-refractivity contribution is -0.274. The number of carbonyl (C=O) groups is 1. The number of aromatic nitrogens is 1. The molecule has 0 radical (unpaired) electrons. The maximum Gasteiger partial charge on any atom is 0.573 e. The minimum Gasteiger partial charge on any atom is -0.474 e. The van der Waals surface area contributed by atoms with Gasteiger partial charge >= 0.3 is 18.2 Å². The number of para-hydroxylation sites is 1. The second-order valence-corrected chi connectivity index (χ2v) is 2.97. The minimum absolute atomic E-state index is 0.0934. The molecule has 90 valence electrons. The normalized spacial score (nSPS) is 11.7. The molecule has 1 heterocycles. The zero-order valence-electron chi connectivity index (χ0n) is 7.99. The van der Waals surface area contributed by atoms with Gasteiger partial charge in [0.05, 0.1) is 0 Å². The molecular formula is C9H4F3NO4. The molecule has 2 rings (SSSR count). The summed E-state index contributed by atoms with van der Waals surface area (Å²) in [6, 6.07) is 3.54. The lowest BCUT2D eigenvalue weighted by atomic mass is 10.3. The van der Waals surface area contributed by atoms with E-state index in [9.17, 15) is 18.0 Å². The van der Waals surface area contributed by atoms with E-state index in [1.165, 1.54) is 12.1 Å². The molecule has 1 N–H and O–H groups in total. The third-order valence-electron chi connectivity index (χ3n) is 1.79. The highest BCUT2D eigenvalue weighted by atomic mass is 19.4. The van der Waals surface area contributed by atoms with Crippen LogP contribution in [0.3, 0.4) is 0 Å². The van der Waals surface area contributed by atoms with Crippen LogP contribution in [0, 0.1) is 0 Å². The number of hydrogen-bond acceptors (Lipinski definition) is 4. The van der Waals surface area contributed by atoms with E-state index in [0.29, 0.717) is 0 Å². The molecule has 1 aromatic carbocycles. The molecular weight excluding hydrogens is 243 g/mol. The second-order valence-electron chi connectivity index (χ2n) is 2.97. The van der Waals surface area contributed by atoms with Crippen molar-refractivity contribution in [1.29, 1.82) is 0 Å². The van der Waals surface area contributed by atoms with Crippen LogP contribution in [-0.4, -0.2) is 22.4 Å². The van der Waals surface area contributed by atoms with E-state index in [0.717, 1.165) is 6.07 Å². The summed E-state index contributed by atoms with van der Waals surface area (Å²) in [6.07, 6.45) is -4.88. The molecule has 0 atom stereocenters. The lowest BCUT2D eigenvalue weighted by Crippen LogP contribution is -2.17. The molecule has 0 spiro atoms. The first-order valence-electron chi connectivity index (χ1n) is 4.25. The minimum atomic E-state index is -4.88. The predicted molar refractivity (Wildman–Crippen MR) is 47.7 cm³/mol. The van der Waals surface area contributed by atoms with Crippen LogP contribution in [0.5, 0.6) is 5.75 Å². The van der Waals surface area contributed by atoms with Gasteiger partial charge in [0, 0.05) is 0 Å². The molecule has 0 unspecified atom stereocenters. The molecule has 0 aliphatic carbocycles. The highest BCUT2D eigenvalue weighted by molar-refractivity contribution is 5.88. The van der Waals surface area contributed by atoms with Crippen LogP contribution in [0.1, 0.15) is 10.7 Å². The van der Waals surface area contributed by atoms with Gasteiger partial charge in [0.25, 0.3) is 0 Å². The lowest BCUT2D eigenvalue weighted by Gasteiger charge is -2.07. The van der Waals surface area contributed by atoms with Gasteiger partial charge in [-0.3, -0.25) is 0 Å². The fourth-order valence-electron chi connectivity index (χ4n) is 1.22. The summed E-state index contributed by atoms with van der Waals surface area (Å²) in [7, 11) is 0. The highest BCUT2D eigenvalue weighted by Crippen LogP contribution is 2.30. The molecule has 0 amide bonds. The second kappa shape index (κ2) is 3.65. The van der Waals surface area contributed by atoms with Gasteiger partial charge in [0.1, 0.15) is 0 Å². The fourth-order valence-corrected chi connectivity index (χ4v) is 1.22. The zero-order valence-corrected chi connectivity index (χ0v) is 7.99. The number of hydrogen-bond donors (Lipinski definition) is 1. The number of benzene rings is 1. The van der Waals surface area contributed by atoms with E-state index < -0.39 is 24.0 Å². The van der Waals surface area contributed by atoms with Gasteiger partial charge in [-0.2, -0.15) is 4.98 Å². The van der Waals surface area contributed by atoms with E-state index in [1.807, 2.05) is 0 Å². The zero-order chi connectivity index (χ0) is 12.6. The van der Waals surface area contributed by atoms with Gasteiger partial charge in [0.2, 0.25) is 0 Å². The van der Waals surface area contributed by atoms with Crippen molar-refractivity contribution in [3.8, 4) is 5.75 Å². The monoisotopic (exact) mass is 247 g/mol. The summed E-state index contributed by atoms with van der Waals surface area (Å²) in [5.41, 5.74) is -0.383. The Morgan fingerprint density at radius 1 is 1.41 bits per heavy atom. The third kappa shape index (κ3) is 2.30. The van der Waals surface area contributed by atoms with Gasteiger partial charge < -0.3 is 14.3 Å². The number of oxazole rings is 1. The number of alkyl halides is 3. The van der Waals surface area contributed by atoms with Crippen molar-refractivity contribution in [3.05, 3.63) is 24.1 Å². The Kier molecular flexibility index (Phi) is 2.41. The maximum absolute atomic E-state index is 12.0. The first-order valence-corrected chi connectivity index (χ1v) is 4.25. The average Bonchev–Trinajstić information content (AvgIpc) is 2.60. The first kappa shape index (κ1) is 11.2. The summed E-state index contributed by atoms with van der Waals surface area (Å²) in [5, 5.41) is 8.59. The van der Waals surface area contributed by atoms with E-state index in [4.69, 9.17) is 9.52 Å². The molecule has 0 aliphatic heterocycles. The Morgan fingerprint density at radius 3 is 2.71 bits per heavy atom. The van der Waals surface area contributed by atoms with Crippen LogP contribution in [0.2, 0.25) is 0 Å². The Balaban J connectivity index is 2.53. The fraction of sp³-hybridized carbons (Fsp3) is 0.111. The molecule has 0 bridgehead atoms. The van der Waals surface area contributed by atoms with Crippen LogP contribution < -0.4 is 4.74 Å². The average molecular weight is 247 g/mol. The summed E-state index contributed by atoms with van der Waals surface area (Å²) in [5.74, 6) is -2.77. The van der Waals surface area contributed by atoms with Crippen molar-refractivity contribution < 1.29 is 32.2 Å². The summed E-state index contributed by atoms with van der Waals surface area (Å²) >= 11 is 0. The maximum atomic E-state index is 12.0. The van der Waals surface area contributed by atoms with Crippen molar-refractivity contribution in [1.82, 2.24) is 4.98 Å². The third-order valence-corrected chi connectivity index (χ3v) is 1.79. The van der Waals surface area contributed by atoms with Gasteiger partial charge in [-0.15, -0.1) is 13.2 Å². The van der Waals surface area contributed by atoms with Crippen LogP contribution in [0.25, 0.3) is 11.1 Å². The largest absolute Gasteiger partial charge is 0.573 e. The molecule has 0 aliphatic rings. The highest BCUT2D eigenvalue weighted by Gasteiger charge is 2.32. The summed E-state index contributed by atoms with van der Waals surface area (Å²) < 4.78 is 44.5. The molecule has 0 fully saturated rings. The first-order chi connectivity index (χ1) is 7.87. The van der Waals surface area contributed by atoms with Crippen molar-refractivity contribution in [2.45, 2.75) is 6.36 Å².